The summed E-state index contributed by atoms with van der Waals surface area (Å²) in [4.78, 5) is 24.7. The van der Waals surface area contributed by atoms with Crippen LogP contribution in [0.15, 0.2) is 30.3 Å². The normalized spacial score (nSPS) is 32.1. The number of piperidine rings is 1. The summed E-state index contributed by atoms with van der Waals surface area (Å²) in [6, 6.07) is 12.2. The van der Waals surface area contributed by atoms with Crippen molar-refractivity contribution in [3.05, 3.63) is 46.5 Å². The first kappa shape index (κ1) is 21.9. The van der Waals surface area contributed by atoms with Gasteiger partial charge in [0.2, 0.25) is 0 Å². The van der Waals surface area contributed by atoms with E-state index in [4.69, 9.17) is 0 Å². The van der Waals surface area contributed by atoms with Crippen LogP contribution in [0.5, 0.6) is 0 Å². The van der Waals surface area contributed by atoms with Crippen LogP contribution >= 0.6 is 11.3 Å². The highest BCUT2D eigenvalue weighted by Crippen LogP contribution is 2.55. The largest absolute Gasteiger partial charge is 0.362 e. The van der Waals surface area contributed by atoms with E-state index in [0.717, 1.165) is 35.1 Å². The Morgan fingerprint density at radius 1 is 1.22 bits per heavy atom. The van der Waals surface area contributed by atoms with Crippen molar-refractivity contribution >= 4 is 22.4 Å². The molecule has 2 saturated heterocycles. The fraction of sp³-hybridized carbons (Fsp3) is 0.615. The quantitative estimate of drug-likeness (QED) is 0.696. The Balaban J connectivity index is 1.58. The van der Waals surface area contributed by atoms with Gasteiger partial charge in [-0.2, -0.15) is 0 Å². The molecule has 1 aromatic carbocycles. The first-order chi connectivity index (χ1) is 15.4. The standard InChI is InChI=1S/C26H36N4OS/c1-5-27-25-28-17(2)23(32-25)24(31)30-19(15-18-11-7-6-8-12-18)20-16-26(3)21(29(20)4)13-9-10-14-22(26)30/h6-8,11-12,19-22H,5,9-10,13-16H2,1-4H3,(H,27,28)/t19-,20-,21-,22+,26-/m0/s1. The van der Waals surface area contributed by atoms with E-state index < -0.39 is 0 Å². The fourth-order valence-corrected chi connectivity index (χ4v) is 7.90. The number of carbonyl (C=O) groups is 1. The van der Waals surface area contributed by atoms with Crippen molar-refractivity contribution < 1.29 is 4.79 Å². The maximum Gasteiger partial charge on any atom is 0.266 e. The number of thiazole rings is 1. The number of anilines is 1. The molecule has 2 aliphatic heterocycles. The van der Waals surface area contributed by atoms with Crippen LogP contribution < -0.4 is 5.32 Å². The highest BCUT2D eigenvalue weighted by molar-refractivity contribution is 7.17. The van der Waals surface area contributed by atoms with Crippen molar-refractivity contribution in [3.8, 4) is 0 Å². The lowest BCUT2D eigenvalue weighted by molar-refractivity contribution is 0.00240. The molecule has 172 valence electrons. The molecule has 3 heterocycles. The van der Waals surface area contributed by atoms with Crippen LogP contribution in [0.2, 0.25) is 0 Å². The molecule has 1 amide bonds. The Morgan fingerprint density at radius 3 is 2.66 bits per heavy atom. The van der Waals surface area contributed by atoms with Crippen molar-refractivity contribution in [2.45, 2.75) is 83.5 Å². The predicted molar refractivity (Wildman–Crippen MR) is 131 cm³/mol. The van der Waals surface area contributed by atoms with Gasteiger partial charge in [-0.1, -0.05) is 61.4 Å². The molecule has 5 nitrogen and oxygen atoms in total. The zero-order valence-electron chi connectivity index (χ0n) is 19.8. The lowest BCUT2D eigenvalue weighted by atomic mass is 9.69. The number of amides is 1. The van der Waals surface area contributed by atoms with Gasteiger partial charge in [0.1, 0.15) is 4.88 Å². The Hall–Kier alpha value is -1.92. The number of nitrogens with one attached hydrogen (secondary N) is 1. The monoisotopic (exact) mass is 452 g/mol. The first-order valence-electron chi connectivity index (χ1n) is 12.2. The molecule has 1 aliphatic carbocycles. The zero-order valence-corrected chi connectivity index (χ0v) is 20.6. The van der Waals surface area contributed by atoms with Gasteiger partial charge >= 0.3 is 0 Å². The number of aromatic nitrogens is 1. The molecule has 5 atom stereocenters. The summed E-state index contributed by atoms with van der Waals surface area (Å²) < 4.78 is 0. The van der Waals surface area contributed by atoms with Crippen LogP contribution in [0.4, 0.5) is 5.13 Å². The van der Waals surface area contributed by atoms with E-state index in [1.54, 1.807) is 0 Å². The van der Waals surface area contributed by atoms with Gasteiger partial charge in [-0.15, -0.1) is 0 Å². The molecule has 3 fully saturated rings. The van der Waals surface area contributed by atoms with E-state index >= 15 is 0 Å². The lowest BCUT2D eigenvalue weighted by Gasteiger charge is -2.51. The van der Waals surface area contributed by atoms with Crippen molar-refractivity contribution in [2.24, 2.45) is 5.41 Å². The van der Waals surface area contributed by atoms with Crippen molar-refractivity contribution in [3.63, 3.8) is 0 Å². The molecule has 5 rings (SSSR count). The molecule has 32 heavy (non-hydrogen) atoms. The summed E-state index contributed by atoms with van der Waals surface area (Å²) in [7, 11) is 2.32. The number of fused-ring (bicyclic) bond motifs is 1. The number of likely N-dealkylation sites (tertiary alicyclic amines) is 2. The third-order valence-electron chi connectivity index (χ3n) is 8.37. The van der Waals surface area contributed by atoms with Gasteiger partial charge in [0.25, 0.3) is 5.91 Å². The third kappa shape index (κ3) is 3.47. The van der Waals surface area contributed by atoms with Crippen molar-refractivity contribution in [1.29, 1.82) is 0 Å². The van der Waals surface area contributed by atoms with Crippen LogP contribution in [-0.4, -0.2) is 58.5 Å². The van der Waals surface area contributed by atoms with Crippen LogP contribution in [0.1, 0.15) is 66.9 Å². The second-order valence-electron chi connectivity index (χ2n) is 10.2. The summed E-state index contributed by atoms with van der Waals surface area (Å²) in [6.07, 6.45) is 6.96. The minimum absolute atomic E-state index is 0.169. The molecule has 0 spiro atoms. The van der Waals surface area contributed by atoms with E-state index in [0.29, 0.717) is 18.1 Å². The molecule has 0 unspecified atom stereocenters. The molecular formula is C26H36N4OS. The number of hydrogen-bond donors (Lipinski definition) is 1. The number of hydrogen-bond acceptors (Lipinski definition) is 5. The average molecular weight is 453 g/mol. The summed E-state index contributed by atoms with van der Waals surface area (Å²) >= 11 is 1.53. The first-order valence-corrected chi connectivity index (χ1v) is 13.1. The van der Waals surface area contributed by atoms with E-state index in [1.165, 1.54) is 42.6 Å². The summed E-state index contributed by atoms with van der Waals surface area (Å²) in [5, 5.41) is 4.16. The van der Waals surface area contributed by atoms with Gasteiger partial charge < -0.3 is 10.2 Å². The molecule has 3 aliphatic rings. The van der Waals surface area contributed by atoms with Crippen LogP contribution in [0, 0.1) is 12.3 Å². The van der Waals surface area contributed by atoms with Crippen LogP contribution in [0.3, 0.4) is 0 Å². The third-order valence-corrected chi connectivity index (χ3v) is 9.47. The van der Waals surface area contributed by atoms with Gasteiger partial charge in [0, 0.05) is 30.1 Å². The molecule has 1 N–H and O–H groups in total. The minimum atomic E-state index is 0.169. The summed E-state index contributed by atoms with van der Waals surface area (Å²) in [5.74, 6) is 0.196. The summed E-state index contributed by atoms with van der Waals surface area (Å²) in [5.41, 5.74) is 2.35. The molecular weight excluding hydrogens is 416 g/mol. The van der Waals surface area contributed by atoms with Gasteiger partial charge in [0.15, 0.2) is 5.13 Å². The SMILES string of the molecule is CCNc1nc(C)c(C(=O)N2[C@@H](Cc3ccccc3)[C@@H]3C[C@@]4(C)[C@H](CCCC[C@@H]24)N3C)s1. The molecule has 2 aromatic rings. The fourth-order valence-electron chi connectivity index (χ4n) is 6.93. The highest BCUT2D eigenvalue weighted by atomic mass is 32.1. The lowest BCUT2D eigenvalue weighted by Crippen LogP contribution is -2.61. The Kier molecular flexibility index (Phi) is 5.79. The number of likely N-dealkylation sites (N-methyl/N-ethyl adjacent to an activating group) is 1. The van der Waals surface area contributed by atoms with E-state index in [-0.39, 0.29) is 17.4 Å². The minimum Gasteiger partial charge on any atom is -0.362 e. The maximum atomic E-state index is 14.3. The second kappa shape index (κ2) is 8.45. The van der Waals surface area contributed by atoms with E-state index in [1.807, 2.05) is 6.92 Å². The van der Waals surface area contributed by atoms with Gasteiger partial charge in [0.05, 0.1) is 11.7 Å². The smallest absolute Gasteiger partial charge is 0.266 e. The maximum absolute atomic E-state index is 14.3. The number of nitrogens with zero attached hydrogens (tertiary/aromatic N) is 3. The average Bonchev–Trinajstić information content (AvgIpc) is 3.18. The van der Waals surface area contributed by atoms with Gasteiger partial charge in [-0.3, -0.25) is 9.69 Å². The number of aryl methyl sites for hydroxylation is 1. The molecule has 2 bridgehead atoms. The van der Waals surface area contributed by atoms with E-state index in [9.17, 15) is 4.79 Å². The number of carbonyl (C=O) groups excluding carboxylic acids is 1. The number of benzene rings is 1. The molecule has 0 radical (unpaired) electrons. The van der Waals surface area contributed by atoms with Gasteiger partial charge in [-0.05, 0) is 52.1 Å². The Labute approximate surface area is 196 Å². The topological polar surface area (TPSA) is 48.5 Å². The number of rotatable bonds is 5. The van der Waals surface area contributed by atoms with E-state index in [2.05, 4.69) is 71.3 Å². The molecule has 1 aromatic heterocycles. The second-order valence-corrected chi connectivity index (χ2v) is 11.2. The van der Waals surface area contributed by atoms with Crippen LogP contribution in [0.25, 0.3) is 0 Å². The van der Waals surface area contributed by atoms with Crippen molar-refractivity contribution in [2.75, 3.05) is 18.9 Å². The summed E-state index contributed by atoms with van der Waals surface area (Å²) in [6.45, 7) is 7.33. The molecule has 6 heteroatoms. The zero-order chi connectivity index (χ0) is 22.5. The molecule has 1 saturated carbocycles. The Bertz CT molecular complexity index is 975. The highest BCUT2D eigenvalue weighted by Gasteiger charge is 2.61. The van der Waals surface area contributed by atoms with Crippen molar-refractivity contribution in [1.82, 2.24) is 14.8 Å². The van der Waals surface area contributed by atoms with Gasteiger partial charge in [-0.25, -0.2) is 4.98 Å². The Morgan fingerprint density at radius 2 is 1.94 bits per heavy atom. The van der Waals surface area contributed by atoms with Crippen LogP contribution in [-0.2, 0) is 6.42 Å². The predicted octanol–water partition coefficient (Wildman–Crippen LogP) is 4.97.